The highest BCUT2D eigenvalue weighted by molar-refractivity contribution is 5.89. The van der Waals surface area contributed by atoms with Crippen LogP contribution in [0.5, 0.6) is 0 Å². The van der Waals surface area contributed by atoms with Crippen LogP contribution in [0.4, 0.5) is 8.78 Å². The van der Waals surface area contributed by atoms with Gasteiger partial charge in [0.15, 0.2) is 0 Å². The van der Waals surface area contributed by atoms with Crippen LogP contribution >= 0.6 is 0 Å². The molecule has 4 heterocycles. The highest BCUT2D eigenvalue weighted by atomic mass is 19.1. The number of halogens is 2. The van der Waals surface area contributed by atoms with Gasteiger partial charge in [0.25, 0.3) is 0 Å². The second-order valence-electron chi connectivity index (χ2n) is 9.56. The molecule has 0 amide bonds. The van der Waals surface area contributed by atoms with Crippen LogP contribution in [0.15, 0.2) is 36.7 Å². The fourth-order valence-electron chi connectivity index (χ4n) is 4.97. The molecular weight excluding hydrogens is 448 g/mol. The molecule has 0 radical (unpaired) electrons. The first-order chi connectivity index (χ1) is 17.0. The Hall–Kier alpha value is -3.26. The molecular formula is C27H27F2N5O. The zero-order valence-electron chi connectivity index (χ0n) is 19.8. The van der Waals surface area contributed by atoms with Crippen molar-refractivity contribution in [1.29, 1.82) is 0 Å². The van der Waals surface area contributed by atoms with Crippen LogP contribution in [-0.2, 0) is 11.2 Å². The van der Waals surface area contributed by atoms with Crippen molar-refractivity contribution in [3.63, 3.8) is 0 Å². The van der Waals surface area contributed by atoms with Crippen LogP contribution in [-0.4, -0.2) is 31.3 Å². The Balaban J connectivity index is 1.42. The maximum absolute atomic E-state index is 14.9. The van der Waals surface area contributed by atoms with Crippen molar-refractivity contribution in [2.24, 2.45) is 0 Å². The molecule has 6 rings (SSSR count). The van der Waals surface area contributed by atoms with Gasteiger partial charge in [-0.1, -0.05) is 6.92 Å². The van der Waals surface area contributed by atoms with Crippen LogP contribution in [0.3, 0.4) is 0 Å². The average molecular weight is 476 g/mol. The molecule has 2 aliphatic rings. The number of fused-ring (bicyclic) bond motifs is 1. The van der Waals surface area contributed by atoms with Crippen LogP contribution in [0.2, 0.25) is 0 Å². The van der Waals surface area contributed by atoms with Gasteiger partial charge in [-0.2, -0.15) is 5.10 Å². The smallest absolute Gasteiger partial charge is 0.135 e. The lowest BCUT2D eigenvalue weighted by Crippen LogP contribution is -2.19. The number of nitrogens with zero attached hydrogens (tertiary/aromatic N) is 5. The lowest BCUT2D eigenvalue weighted by Gasteiger charge is -2.29. The molecule has 8 heteroatoms. The first-order valence-electron chi connectivity index (χ1n) is 12.3. The fourth-order valence-corrected chi connectivity index (χ4v) is 4.97. The van der Waals surface area contributed by atoms with Crippen molar-refractivity contribution in [1.82, 2.24) is 24.7 Å². The van der Waals surface area contributed by atoms with Crippen LogP contribution in [0, 0.1) is 18.6 Å². The van der Waals surface area contributed by atoms with Crippen molar-refractivity contribution < 1.29 is 13.5 Å². The average Bonchev–Trinajstić information content (AvgIpc) is 3.59. The molecule has 1 aromatic carbocycles. The Morgan fingerprint density at radius 2 is 1.94 bits per heavy atom. The van der Waals surface area contributed by atoms with Gasteiger partial charge >= 0.3 is 0 Å². The van der Waals surface area contributed by atoms with E-state index in [1.807, 2.05) is 30.8 Å². The van der Waals surface area contributed by atoms with Crippen molar-refractivity contribution in [3.8, 4) is 11.3 Å². The summed E-state index contributed by atoms with van der Waals surface area (Å²) in [5, 5.41) is 4.52. The zero-order chi connectivity index (χ0) is 24.1. The summed E-state index contributed by atoms with van der Waals surface area (Å²) < 4.78 is 36.7. The number of ether oxygens (including phenoxy) is 1. The lowest BCUT2D eigenvalue weighted by molar-refractivity contribution is 0.00462. The summed E-state index contributed by atoms with van der Waals surface area (Å²) in [6.07, 6.45) is 8.55. The van der Waals surface area contributed by atoms with Gasteiger partial charge in [0, 0.05) is 41.6 Å². The monoisotopic (exact) mass is 475 g/mol. The van der Waals surface area contributed by atoms with Crippen molar-refractivity contribution in [2.75, 3.05) is 6.61 Å². The number of aryl methyl sites for hydroxylation is 2. The number of benzene rings is 1. The molecule has 1 saturated carbocycles. The standard InChI is InChI=1S/C27H27F2N5O/c1-3-22-15(2)31-24-12-23(33-26(27(24)32-22)20-7-4-18(28)11-21(20)29)16-8-9-35-25(10-16)17-13-30-34(14-17)19-5-6-19/h4,7,11-14,16,19,25H,3,5-6,8-10H2,1-2H3/t16-,25+/m1/s1. The minimum atomic E-state index is -0.659. The lowest BCUT2D eigenvalue weighted by atomic mass is 9.89. The quantitative estimate of drug-likeness (QED) is 0.354. The summed E-state index contributed by atoms with van der Waals surface area (Å²) in [5.74, 6) is -1.17. The van der Waals surface area contributed by atoms with Crippen LogP contribution < -0.4 is 0 Å². The minimum absolute atomic E-state index is 0.0694. The summed E-state index contributed by atoms with van der Waals surface area (Å²) in [6, 6.07) is 6.07. The third kappa shape index (κ3) is 4.20. The van der Waals surface area contributed by atoms with E-state index in [4.69, 9.17) is 19.7 Å². The number of hydrogen-bond donors (Lipinski definition) is 0. The summed E-state index contributed by atoms with van der Waals surface area (Å²) in [6.45, 7) is 4.55. The van der Waals surface area contributed by atoms with Gasteiger partial charge in [-0.25, -0.2) is 23.7 Å². The summed E-state index contributed by atoms with van der Waals surface area (Å²) in [4.78, 5) is 14.5. The number of aromatic nitrogens is 5. The Labute approximate surface area is 202 Å². The molecule has 180 valence electrons. The van der Waals surface area contributed by atoms with E-state index in [1.165, 1.54) is 25.0 Å². The second-order valence-corrected chi connectivity index (χ2v) is 9.56. The van der Waals surface area contributed by atoms with Crippen molar-refractivity contribution >= 4 is 11.0 Å². The maximum Gasteiger partial charge on any atom is 0.135 e. The molecule has 6 nitrogen and oxygen atoms in total. The van der Waals surface area contributed by atoms with E-state index in [0.29, 0.717) is 35.8 Å². The van der Waals surface area contributed by atoms with E-state index < -0.39 is 11.6 Å². The van der Waals surface area contributed by atoms with Crippen molar-refractivity contribution in [3.05, 3.63) is 70.9 Å². The van der Waals surface area contributed by atoms with Gasteiger partial charge in [-0.05, 0) is 57.2 Å². The summed E-state index contributed by atoms with van der Waals surface area (Å²) in [7, 11) is 0. The molecule has 1 aliphatic carbocycles. The summed E-state index contributed by atoms with van der Waals surface area (Å²) in [5.41, 5.74) is 5.45. The maximum atomic E-state index is 14.9. The number of rotatable bonds is 5. The van der Waals surface area contributed by atoms with Gasteiger partial charge in [-0.3, -0.25) is 4.68 Å². The van der Waals surface area contributed by atoms with Crippen LogP contribution in [0.1, 0.15) is 73.3 Å². The van der Waals surface area contributed by atoms with E-state index in [2.05, 4.69) is 11.3 Å². The Morgan fingerprint density at radius 3 is 2.71 bits per heavy atom. The Kier molecular flexibility index (Phi) is 5.56. The molecule has 2 atom stereocenters. The SMILES string of the molecule is CCc1nc2c(-c3ccc(F)cc3F)nc([C@@H]3CCO[C@H](c4cnn(C5CC5)c4)C3)cc2nc1C. The topological polar surface area (TPSA) is 65.7 Å². The fraction of sp³-hybridized carbons (Fsp3) is 0.407. The Bertz CT molecular complexity index is 1410. The molecule has 0 unspecified atom stereocenters. The highest BCUT2D eigenvalue weighted by Crippen LogP contribution is 2.40. The second kappa shape index (κ2) is 8.75. The van der Waals surface area contributed by atoms with Gasteiger partial charge in [0.05, 0.1) is 35.2 Å². The molecule has 2 fully saturated rings. The van der Waals surface area contributed by atoms with E-state index in [1.54, 1.807) is 0 Å². The zero-order valence-corrected chi connectivity index (χ0v) is 19.8. The first-order valence-corrected chi connectivity index (χ1v) is 12.3. The van der Waals surface area contributed by atoms with Gasteiger partial charge in [-0.15, -0.1) is 0 Å². The molecule has 0 spiro atoms. The molecule has 35 heavy (non-hydrogen) atoms. The first kappa shape index (κ1) is 22.2. The minimum Gasteiger partial charge on any atom is -0.373 e. The van der Waals surface area contributed by atoms with Crippen molar-refractivity contribution in [2.45, 2.75) is 64.0 Å². The molecule has 1 aliphatic heterocycles. The predicted molar refractivity (Wildman–Crippen MR) is 128 cm³/mol. The Morgan fingerprint density at radius 1 is 1.09 bits per heavy atom. The molecule has 0 bridgehead atoms. The van der Waals surface area contributed by atoms with Gasteiger partial charge < -0.3 is 4.74 Å². The third-order valence-corrected chi connectivity index (χ3v) is 7.08. The largest absolute Gasteiger partial charge is 0.373 e. The molecule has 1 saturated heterocycles. The van der Waals surface area contributed by atoms with Gasteiger partial charge in [0.1, 0.15) is 22.8 Å². The molecule has 3 aromatic heterocycles. The molecule has 0 N–H and O–H groups in total. The third-order valence-electron chi connectivity index (χ3n) is 7.08. The summed E-state index contributed by atoms with van der Waals surface area (Å²) >= 11 is 0. The normalized spacial score (nSPS) is 20.5. The number of pyridine rings is 1. The highest BCUT2D eigenvalue weighted by Gasteiger charge is 2.30. The van der Waals surface area contributed by atoms with Crippen LogP contribution in [0.25, 0.3) is 22.3 Å². The number of hydrogen-bond acceptors (Lipinski definition) is 5. The van der Waals surface area contributed by atoms with E-state index in [9.17, 15) is 8.78 Å². The van der Waals surface area contributed by atoms with E-state index >= 15 is 0 Å². The molecule has 4 aromatic rings. The predicted octanol–water partition coefficient (Wildman–Crippen LogP) is 6.01. The van der Waals surface area contributed by atoms with E-state index in [0.717, 1.165) is 41.6 Å². The van der Waals surface area contributed by atoms with E-state index in [-0.39, 0.29) is 17.6 Å². The van der Waals surface area contributed by atoms with Gasteiger partial charge in [0.2, 0.25) is 0 Å².